The van der Waals surface area contributed by atoms with E-state index in [0.717, 1.165) is 6.26 Å². The fourth-order valence-corrected chi connectivity index (χ4v) is 3.97. The van der Waals surface area contributed by atoms with Crippen molar-refractivity contribution >= 4 is 31.3 Å². The fourth-order valence-electron chi connectivity index (χ4n) is 1.29. The maximum Gasteiger partial charge on any atom is 0.233 e. The average molecular weight is 305 g/mol. The molecular formula is C11H15NO5S2. The Hall–Kier alpha value is -1.41. The molecule has 1 rings (SSSR count). The minimum atomic E-state index is -3.75. The normalized spacial score (nSPS) is 12.1. The van der Waals surface area contributed by atoms with Crippen molar-refractivity contribution in [3.8, 4) is 0 Å². The Morgan fingerprint density at radius 1 is 1.16 bits per heavy atom. The molecule has 6 nitrogen and oxygen atoms in total. The lowest BCUT2D eigenvalue weighted by Gasteiger charge is -2.08. The van der Waals surface area contributed by atoms with E-state index in [4.69, 9.17) is 0 Å². The molecule has 0 atom stereocenters. The van der Waals surface area contributed by atoms with E-state index in [1.165, 1.54) is 19.1 Å². The van der Waals surface area contributed by atoms with Crippen molar-refractivity contribution in [3.05, 3.63) is 29.8 Å². The van der Waals surface area contributed by atoms with Gasteiger partial charge in [0.15, 0.2) is 5.78 Å². The second-order valence-electron chi connectivity index (χ2n) is 4.19. The minimum Gasteiger partial charge on any atom is -0.295 e. The zero-order chi connectivity index (χ0) is 14.7. The molecule has 0 heterocycles. The van der Waals surface area contributed by atoms with E-state index in [0.29, 0.717) is 5.56 Å². The molecule has 0 saturated carbocycles. The molecule has 1 aromatic rings. The molecule has 0 aromatic heterocycles. The lowest BCUT2D eigenvalue weighted by molar-refractivity contribution is 0.101. The first-order chi connectivity index (χ1) is 8.59. The summed E-state index contributed by atoms with van der Waals surface area (Å²) in [6.45, 7) is 1.37. The van der Waals surface area contributed by atoms with Gasteiger partial charge in [-0.25, -0.2) is 16.8 Å². The van der Waals surface area contributed by atoms with Crippen LogP contribution in [-0.4, -0.2) is 40.4 Å². The van der Waals surface area contributed by atoms with Crippen LogP contribution < -0.4 is 4.72 Å². The highest BCUT2D eigenvalue weighted by atomic mass is 32.2. The molecular weight excluding hydrogens is 290 g/mol. The summed E-state index contributed by atoms with van der Waals surface area (Å²) < 4.78 is 47.5. The SMILES string of the molecule is CC(=O)c1cccc(NS(=O)(=O)CCS(C)(=O)=O)c1. The number of sulfone groups is 1. The predicted molar refractivity (Wildman–Crippen MR) is 73.6 cm³/mol. The molecule has 1 aromatic carbocycles. The molecule has 19 heavy (non-hydrogen) atoms. The molecule has 0 radical (unpaired) electrons. The Labute approximate surface area is 112 Å². The second kappa shape index (κ2) is 5.70. The first-order valence-electron chi connectivity index (χ1n) is 5.38. The van der Waals surface area contributed by atoms with Gasteiger partial charge in [-0.1, -0.05) is 12.1 Å². The summed E-state index contributed by atoms with van der Waals surface area (Å²) in [7, 11) is -7.10. The number of benzene rings is 1. The van der Waals surface area contributed by atoms with E-state index in [1.807, 2.05) is 0 Å². The van der Waals surface area contributed by atoms with Gasteiger partial charge in [0.1, 0.15) is 9.84 Å². The van der Waals surface area contributed by atoms with Gasteiger partial charge in [-0.05, 0) is 19.1 Å². The average Bonchev–Trinajstić information content (AvgIpc) is 2.25. The van der Waals surface area contributed by atoms with Gasteiger partial charge >= 0.3 is 0 Å². The number of hydrogen-bond donors (Lipinski definition) is 1. The van der Waals surface area contributed by atoms with E-state index in [9.17, 15) is 21.6 Å². The summed E-state index contributed by atoms with van der Waals surface area (Å²) in [4.78, 5) is 11.2. The number of anilines is 1. The summed E-state index contributed by atoms with van der Waals surface area (Å²) in [5, 5.41) is 0. The molecule has 8 heteroatoms. The van der Waals surface area contributed by atoms with E-state index >= 15 is 0 Å². The zero-order valence-corrected chi connectivity index (χ0v) is 12.2. The molecule has 0 saturated heterocycles. The van der Waals surface area contributed by atoms with Crippen LogP contribution in [-0.2, 0) is 19.9 Å². The second-order valence-corrected chi connectivity index (χ2v) is 8.29. The van der Waals surface area contributed by atoms with Crippen LogP contribution in [0.25, 0.3) is 0 Å². The molecule has 0 spiro atoms. The zero-order valence-electron chi connectivity index (χ0n) is 10.6. The van der Waals surface area contributed by atoms with Crippen molar-refractivity contribution in [2.24, 2.45) is 0 Å². The molecule has 0 unspecified atom stereocenters. The van der Waals surface area contributed by atoms with Crippen LogP contribution in [0.15, 0.2) is 24.3 Å². The van der Waals surface area contributed by atoms with Gasteiger partial charge in [-0.3, -0.25) is 9.52 Å². The summed E-state index contributed by atoms with van der Waals surface area (Å²) in [5.41, 5.74) is 0.615. The Balaban J connectivity index is 2.84. The third-order valence-electron chi connectivity index (χ3n) is 2.27. The van der Waals surface area contributed by atoms with Gasteiger partial charge in [0.25, 0.3) is 0 Å². The van der Waals surface area contributed by atoms with Gasteiger partial charge < -0.3 is 0 Å². The number of ketones is 1. The smallest absolute Gasteiger partial charge is 0.233 e. The number of sulfonamides is 1. The van der Waals surface area contributed by atoms with Crippen molar-refractivity contribution in [2.75, 3.05) is 22.5 Å². The van der Waals surface area contributed by atoms with Crippen molar-refractivity contribution in [2.45, 2.75) is 6.92 Å². The lowest BCUT2D eigenvalue weighted by Crippen LogP contribution is -2.22. The minimum absolute atomic E-state index is 0.183. The highest BCUT2D eigenvalue weighted by molar-refractivity contribution is 7.95. The number of rotatable bonds is 6. The molecule has 0 amide bonds. The number of carbonyl (C=O) groups is 1. The Kier molecular flexibility index (Phi) is 4.70. The standard InChI is InChI=1S/C11H15NO5S2/c1-9(13)10-4-3-5-11(8-10)12-19(16,17)7-6-18(2,14)15/h3-5,8,12H,6-7H2,1-2H3. The van der Waals surface area contributed by atoms with Gasteiger partial charge in [0.2, 0.25) is 10.0 Å². The van der Waals surface area contributed by atoms with E-state index in [1.54, 1.807) is 12.1 Å². The van der Waals surface area contributed by atoms with Crippen molar-refractivity contribution in [1.29, 1.82) is 0 Å². The number of nitrogens with one attached hydrogen (secondary N) is 1. The largest absolute Gasteiger partial charge is 0.295 e. The maximum absolute atomic E-state index is 11.7. The molecule has 106 valence electrons. The van der Waals surface area contributed by atoms with Crippen molar-refractivity contribution in [3.63, 3.8) is 0 Å². The Morgan fingerprint density at radius 3 is 2.32 bits per heavy atom. The number of hydrogen-bond acceptors (Lipinski definition) is 5. The van der Waals surface area contributed by atoms with Crippen LogP contribution in [0.4, 0.5) is 5.69 Å². The van der Waals surface area contributed by atoms with Crippen LogP contribution in [0.1, 0.15) is 17.3 Å². The van der Waals surface area contributed by atoms with Crippen LogP contribution in [0.5, 0.6) is 0 Å². The topological polar surface area (TPSA) is 97.4 Å². The Morgan fingerprint density at radius 2 is 1.79 bits per heavy atom. The van der Waals surface area contributed by atoms with Gasteiger partial charge in [0, 0.05) is 17.5 Å². The highest BCUT2D eigenvalue weighted by Gasteiger charge is 2.14. The summed E-state index contributed by atoms with van der Waals surface area (Å²) in [6, 6.07) is 6.01. The quantitative estimate of drug-likeness (QED) is 0.779. The molecule has 1 N–H and O–H groups in total. The summed E-state index contributed by atoms with van der Waals surface area (Å²) in [5.74, 6) is -1.15. The monoisotopic (exact) mass is 305 g/mol. The van der Waals surface area contributed by atoms with Crippen molar-refractivity contribution < 1.29 is 21.6 Å². The van der Waals surface area contributed by atoms with Gasteiger partial charge in [-0.15, -0.1) is 0 Å². The number of Topliss-reactive ketones (excluding diaryl/α,β-unsaturated/α-hetero) is 1. The third kappa shape index (κ3) is 5.84. The summed E-state index contributed by atoms with van der Waals surface area (Å²) in [6.07, 6.45) is 0.971. The van der Waals surface area contributed by atoms with E-state index < -0.39 is 31.4 Å². The first-order valence-corrected chi connectivity index (χ1v) is 9.09. The molecule has 0 fully saturated rings. The van der Waals surface area contributed by atoms with Crippen LogP contribution >= 0.6 is 0 Å². The van der Waals surface area contributed by atoms with Gasteiger partial charge in [-0.2, -0.15) is 0 Å². The number of carbonyl (C=O) groups excluding carboxylic acids is 1. The molecule has 0 aliphatic heterocycles. The molecule has 0 bridgehead atoms. The Bertz CT molecular complexity index is 677. The maximum atomic E-state index is 11.7. The first kappa shape index (κ1) is 15.6. The van der Waals surface area contributed by atoms with Crippen LogP contribution in [0.2, 0.25) is 0 Å². The van der Waals surface area contributed by atoms with Crippen LogP contribution in [0.3, 0.4) is 0 Å². The van der Waals surface area contributed by atoms with Gasteiger partial charge in [0.05, 0.1) is 11.5 Å². The third-order valence-corrected chi connectivity index (χ3v) is 4.76. The highest BCUT2D eigenvalue weighted by Crippen LogP contribution is 2.13. The van der Waals surface area contributed by atoms with Crippen LogP contribution in [0, 0.1) is 0 Å². The molecule has 0 aliphatic carbocycles. The van der Waals surface area contributed by atoms with E-state index in [2.05, 4.69) is 4.72 Å². The molecule has 0 aliphatic rings. The van der Waals surface area contributed by atoms with Crippen molar-refractivity contribution in [1.82, 2.24) is 0 Å². The van der Waals surface area contributed by atoms with E-state index in [-0.39, 0.29) is 11.5 Å². The predicted octanol–water partition coefficient (Wildman–Crippen LogP) is 0.675. The fraction of sp³-hybridized carbons (Fsp3) is 0.364. The lowest BCUT2D eigenvalue weighted by atomic mass is 10.1. The summed E-state index contributed by atoms with van der Waals surface area (Å²) >= 11 is 0.